The molecule has 0 amide bonds. The van der Waals surface area contributed by atoms with E-state index in [0.29, 0.717) is 22.9 Å². The minimum absolute atomic E-state index is 0.291. The van der Waals surface area contributed by atoms with Crippen LogP contribution in [0.15, 0.2) is 42.5 Å². The molecule has 0 aliphatic rings. The molecule has 104 valence electrons. The number of para-hydroxylation sites is 2. The van der Waals surface area contributed by atoms with Gasteiger partial charge in [0.2, 0.25) is 11.9 Å². The molecule has 0 bridgehead atoms. The number of fused-ring (bicyclic) bond motifs is 2. The first kappa shape index (κ1) is 11.9. The molecule has 0 fully saturated rings. The lowest BCUT2D eigenvalue weighted by atomic mass is 10.3. The lowest BCUT2D eigenvalue weighted by Gasteiger charge is -2.02. The van der Waals surface area contributed by atoms with E-state index in [1.54, 1.807) is 6.07 Å². The molecule has 4 aromatic rings. The molecule has 0 saturated carbocycles. The Morgan fingerprint density at radius 2 is 1.95 bits per heavy atom. The van der Waals surface area contributed by atoms with E-state index in [1.807, 2.05) is 35.9 Å². The Bertz CT molecular complexity index is 953. The molecule has 0 unspecified atom stereocenters. The number of rotatable bonds is 2. The number of aromatic nitrogens is 4. The summed E-state index contributed by atoms with van der Waals surface area (Å²) in [4.78, 5) is 11.9. The maximum absolute atomic E-state index is 13.2. The molecule has 0 radical (unpaired) electrons. The second kappa shape index (κ2) is 4.31. The smallest absolute Gasteiger partial charge is 0.210 e. The van der Waals surface area contributed by atoms with Gasteiger partial charge >= 0.3 is 0 Å². The van der Waals surface area contributed by atoms with Gasteiger partial charge in [-0.3, -0.25) is 5.32 Å². The van der Waals surface area contributed by atoms with Crippen LogP contribution in [0.5, 0.6) is 0 Å². The van der Waals surface area contributed by atoms with Crippen molar-refractivity contribution in [2.75, 3.05) is 5.32 Å². The lowest BCUT2D eigenvalue weighted by Crippen LogP contribution is -2.00. The predicted molar refractivity (Wildman–Crippen MR) is 80.0 cm³/mol. The van der Waals surface area contributed by atoms with Crippen LogP contribution in [0.2, 0.25) is 0 Å². The summed E-state index contributed by atoms with van der Waals surface area (Å²) in [6.07, 6.45) is 0. The van der Waals surface area contributed by atoms with Crippen LogP contribution in [0, 0.1) is 5.82 Å². The second-order valence-corrected chi connectivity index (χ2v) is 4.86. The molecule has 4 rings (SSSR count). The highest BCUT2D eigenvalue weighted by Crippen LogP contribution is 2.22. The van der Waals surface area contributed by atoms with Gasteiger partial charge in [0.1, 0.15) is 5.82 Å². The molecule has 6 heteroatoms. The fraction of sp³-hybridized carbons (Fsp3) is 0.0667. The van der Waals surface area contributed by atoms with E-state index >= 15 is 0 Å². The first-order valence-electron chi connectivity index (χ1n) is 6.54. The summed E-state index contributed by atoms with van der Waals surface area (Å²) in [5.74, 6) is 0.921. The molecule has 2 heterocycles. The Balaban J connectivity index is 1.77. The average molecular weight is 281 g/mol. The first-order valence-corrected chi connectivity index (χ1v) is 6.54. The Kier molecular flexibility index (Phi) is 2.44. The summed E-state index contributed by atoms with van der Waals surface area (Å²) < 4.78 is 15.1. The Morgan fingerprint density at radius 3 is 2.81 bits per heavy atom. The summed E-state index contributed by atoms with van der Waals surface area (Å²) in [7, 11) is 1.93. The number of nitrogens with one attached hydrogen (secondary N) is 2. The number of imidazole rings is 2. The van der Waals surface area contributed by atoms with Crippen molar-refractivity contribution >= 4 is 34.0 Å². The van der Waals surface area contributed by atoms with Gasteiger partial charge in [-0.1, -0.05) is 12.1 Å². The predicted octanol–water partition coefficient (Wildman–Crippen LogP) is 3.33. The molecular formula is C15H12FN5. The van der Waals surface area contributed by atoms with Gasteiger partial charge in [-0.15, -0.1) is 0 Å². The van der Waals surface area contributed by atoms with E-state index in [2.05, 4.69) is 20.3 Å². The number of anilines is 2. The number of halogens is 1. The lowest BCUT2D eigenvalue weighted by molar-refractivity contribution is 0.629. The van der Waals surface area contributed by atoms with Crippen LogP contribution in [0.25, 0.3) is 22.1 Å². The van der Waals surface area contributed by atoms with Crippen molar-refractivity contribution in [2.45, 2.75) is 0 Å². The first-order chi connectivity index (χ1) is 10.2. The largest absolute Gasteiger partial charge is 0.324 e. The van der Waals surface area contributed by atoms with Gasteiger partial charge in [-0.25, -0.2) is 14.4 Å². The standard InChI is InChI=1S/C15H12FN5/c1-21-13-5-3-2-4-11(13)19-15(21)20-14-17-10-7-6-9(16)8-12(10)18-14/h2-8H,1H3,(H2,17,18,19,20). The normalized spacial score (nSPS) is 11.3. The topological polar surface area (TPSA) is 58.5 Å². The zero-order valence-electron chi connectivity index (χ0n) is 11.3. The van der Waals surface area contributed by atoms with Crippen molar-refractivity contribution in [1.82, 2.24) is 19.5 Å². The van der Waals surface area contributed by atoms with Crippen molar-refractivity contribution in [2.24, 2.45) is 7.05 Å². The summed E-state index contributed by atoms with van der Waals surface area (Å²) in [5, 5.41) is 3.13. The summed E-state index contributed by atoms with van der Waals surface area (Å²) in [5.41, 5.74) is 3.29. The summed E-state index contributed by atoms with van der Waals surface area (Å²) in [6, 6.07) is 12.3. The fourth-order valence-electron chi connectivity index (χ4n) is 2.40. The zero-order chi connectivity index (χ0) is 14.4. The van der Waals surface area contributed by atoms with Crippen LogP contribution in [0.1, 0.15) is 0 Å². The van der Waals surface area contributed by atoms with E-state index in [9.17, 15) is 4.39 Å². The van der Waals surface area contributed by atoms with Gasteiger partial charge in [0.05, 0.1) is 22.1 Å². The van der Waals surface area contributed by atoms with Crippen molar-refractivity contribution in [3.8, 4) is 0 Å². The molecule has 2 aromatic heterocycles. The third-order valence-electron chi connectivity index (χ3n) is 3.46. The fourth-order valence-corrected chi connectivity index (χ4v) is 2.40. The van der Waals surface area contributed by atoms with Gasteiger partial charge in [0.25, 0.3) is 0 Å². The van der Waals surface area contributed by atoms with Crippen LogP contribution >= 0.6 is 0 Å². The Hall–Kier alpha value is -2.89. The van der Waals surface area contributed by atoms with Crippen molar-refractivity contribution in [1.29, 1.82) is 0 Å². The maximum Gasteiger partial charge on any atom is 0.210 e. The van der Waals surface area contributed by atoms with Crippen LogP contribution in [0.3, 0.4) is 0 Å². The Morgan fingerprint density at radius 1 is 1.10 bits per heavy atom. The average Bonchev–Trinajstić information content (AvgIpc) is 3.01. The van der Waals surface area contributed by atoms with E-state index in [0.717, 1.165) is 11.0 Å². The second-order valence-electron chi connectivity index (χ2n) is 4.86. The van der Waals surface area contributed by atoms with E-state index < -0.39 is 0 Å². The summed E-state index contributed by atoms with van der Waals surface area (Å²) in [6.45, 7) is 0. The number of aryl methyl sites for hydroxylation is 1. The molecule has 5 nitrogen and oxygen atoms in total. The highest BCUT2D eigenvalue weighted by atomic mass is 19.1. The van der Waals surface area contributed by atoms with Crippen LogP contribution in [0.4, 0.5) is 16.3 Å². The third-order valence-corrected chi connectivity index (χ3v) is 3.46. The zero-order valence-corrected chi connectivity index (χ0v) is 11.3. The summed E-state index contributed by atoms with van der Waals surface area (Å²) >= 11 is 0. The number of hydrogen-bond donors (Lipinski definition) is 2. The molecule has 2 N–H and O–H groups in total. The molecule has 0 aliphatic carbocycles. The van der Waals surface area contributed by atoms with E-state index in [4.69, 9.17) is 0 Å². The number of H-pyrrole nitrogens is 1. The molecule has 21 heavy (non-hydrogen) atoms. The molecule has 0 atom stereocenters. The highest BCUT2D eigenvalue weighted by Gasteiger charge is 2.09. The van der Waals surface area contributed by atoms with Gasteiger partial charge in [-0.2, -0.15) is 0 Å². The van der Waals surface area contributed by atoms with Crippen molar-refractivity contribution in [3.63, 3.8) is 0 Å². The van der Waals surface area contributed by atoms with Gasteiger partial charge in [-0.05, 0) is 30.3 Å². The van der Waals surface area contributed by atoms with E-state index in [-0.39, 0.29) is 5.82 Å². The Labute approximate surface area is 119 Å². The number of aromatic amines is 1. The molecular weight excluding hydrogens is 269 g/mol. The number of hydrogen-bond acceptors (Lipinski definition) is 3. The van der Waals surface area contributed by atoms with Gasteiger partial charge < -0.3 is 9.55 Å². The number of benzene rings is 2. The van der Waals surface area contributed by atoms with Crippen molar-refractivity contribution in [3.05, 3.63) is 48.3 Å². The highest BCUT2D eigenvalue weighted by molar-refractivity contribution is 5.81. The third kappa shape index (κ3) is 1.92. The molecule has 2 aromatic carbocycles. The van der Waals surface area contributed by atoms with Gasteiger partial charge in [0.15, 0.2) is 0 Å². The SMILES string of the molecule is Cn1c(Nc2nc3ccc(F)cc3[nH]2)nc2ccccc21. The van der Waals surface area contributed by atoms with Crippen LogP contribution in [-0.2, 0) is 7.05 Å². The van der Waals surface area contributed by atoms with Gasteiger partial charge in [0, 0.05) is 7.05 Å². The minimum atomic E-state index is -0.291. The van der Waals surface area contributed by atoms with Crippen LogP contribution < -0.4 is 5.32 Å². The quantitative estimate of drug-likeness (QED) is 0.592. The van der Waals surface area contributed by atoms with Crippen molar-refractivity contribution < 1.29 is 4.39 Å². The van der Waals surface area contributed by atoms with E-state index in [1.165, 1.54) is 12.1 Å². The number of nitrogens with zero attached hydrogens (tertiary/aromatic N) is 3. The minimum Gasteiger partial charge on any atom is -0.324 e. The monoisotopic (exact) mass is 281 g/mol. The molecule has 0 saturated heterocycles. The van der Waals surface area contributed by atoms with Crippen LogP contribution in [-0.4, -0.2) is 19.5 Å². The molecule has 0 aliphatic heterocycles. The maximum atomic E-state index is 13.2. The molecule has 0 spiro atoms.